The summed E-state index contributed by atoms with van der Waals surface area (Å²) < 4.78 is 13.4. The topological polar surface area (TPSA) is 104 Å². The van der Waals surface area contributed by atoms with E-state index in [1.807, 2.05) is 0 Å². The summed E-state index contributed by atoms with van der Waals surface area (Å²) in [6.07, 6.45) is 1.75. The molecule has 6 nitrogen and oxygen atoms in total. The van der Waals surface area contributed by atoms with Gasteiger partial charge >= 0.3 is 32.7 Å². The fourth-order valence-electron chi connectivity index (χ4n) is 0.232. The molecular weight excluding hydrogens is 206 g/mol. The number of hydrogen-bond acceptors (Lipinski definition) is 3. The summed E-state index contributed by atoms with van der Waals surface area (Å²) in [6, 6.07) is 0. The van der Waals surface area contributed by atoms with Crippen molar-refractivity contribution in [2.45, 2.75) is 6.42 Å². The predicted molar refractivity (Wildman–Crippen MR) is 45.4 cm³/mol. The largest absolute Gasteiger partial charge is 1.00 e. The second kappa shape index (κ2) is 11.0. The molecular formula is C6H12LiO6P. The first kappa shape index (κ1) is 19.5. The number of esters is 1. The van der Waals surface area contributed by atoms with Crippen LogP contribution in [0.25, 0.3) is 0 Å². The monoisotopic (exact) mass is 218 g/mol. The SMILES string of the molecule is C=CC(=O)OCC[CH2-].O=P(O)(O)O.[Li+]. The summed E-state index contributed by atoms with van der Waals surface area (Å²) in [5, 5.41) is 0. The normalized spacial score (nSPS) is 8.86. The van der Waals surface area contributed by atoms with Gasteiger partial charge in [0, 0.05) is 6.08 Å². The Morgan fingerprint density at radius 2 is 1.86 bits per heavy atom. The average Bonchev–Trinajstić information content (AvgIpc) is 1.97. The van der Waals surface area contributed by atoms with E-state index in [0.717, 1.165) is 6.08 Å². The number of phosphoric acid groups is 1. The van der Waals surface area contributed by atoms with Crippen LogP contribution in [0.2, 0.25) is 0 Å². The van der Waals surface area contributed by atoms with Gasteiger partial charge in [0.2, 0.25) is 0 Å². The summed E-state index contributed by atoms with van der Waals surface area (Å²) in [4.78, 5) is 31.8. The number of hydrogen-bond donors (Lipinski definition) is 3. The molecule has 0 aromatic heterocycles. The van der Waals surface area contributed by atoms with Crippen LogP contribution in [0.5, 0.6) is 0 Å². The van der Waals surface area contributed by atoms with Gasteiger partial charge in [0.15, 0.2) is 0 Å². The van der Waals surface area contributed by atoms with Gasteiger partial charge in [-0.2, -0.15) is 0 Å². The fraction of sp³-hybridized carbons (Fsp3) is 0.333. The molecule has 0 radical (unpaired) electrons. The summed E-state index contributed by atoms with van der Waals surface area (Å²) in [5.41, 5.74) is 0. The van der Waals surface area contributed by atoms with Crippen molar-refractivity contribution in [2.24, 2.45) is 0 Å². The molecule has 8 heteroatoms. The van der Waals surface area contributed by atoms with Crippen molar-refractivity contribution in [1.82, 2.24) is 0 Å². The predicted octanol–water partition coefficient (Wildman–Crippen LogP) is -2.98. The Kier molecular flexibility index (Phi) is 15.3. The van der Waals surface area contributed by atoms with Gasteiger partial charge in [-0.3, -0.25) is 0 Å². The summed E-state index contributed by atoms with van der Waals surface area (Å²) >= 11 is 0. The van der Waals surface area contributed by atoms with Gasteiger partial charge in [-0.1, -0.05) is 6.58 Å². The van der Waals surface area contributed by atoms with E-state index in [0.29, 0.717) is 13.0 Å². The zero-order chi connectivity index (χ0) is 10.9. The van der Waals surface area contributed by atoms with Crippen LogP contribution in [0.4, 0.5) is 0 Å². The Morgan fingerprint density at radius 3 is 2.07 bits per heavy atom. The average molecular weight is 218 g/mol. The minimum absolute atomic E-state index is 0. The second-order valence-corrected chi connectivity index (χ2v) is 2.77. The standard InChI is InChI=1S/C6H9O2.Li.H3O4P/c1-3-5-8-6(7)4-2;;1-5(2,3)4/h4H,1-3,5H2;;(H3,1,2,3,4)/q-1;+1;. The Labute approximate surface area is 94.4 Å². The molecule has 0 fully saturated rings. The molecule has 0 spiro atoms. The first-order valence-corrected chi connectivity index (χ1v) is 4.74. The Balaban J connectivity index is -0.000000177. The minimum atomic E-state index is -4.64. The van der Waals surface area contributed by atoms with Crippen molar-refractivity contribution in [3.63, 3.8) is 0 Å². The second-order valence-electron chi connectivity index (χ2n) is 1.74. The number of ether oxygens (including phenoxy) is 1. The molecule has 0 aliphatic rings. The van der Waals surface area contributed by atoms with E-state index in [1.165, 1.54) is 0 Å². The van der Waals surface area contributed by atoms with Crippen LogP contribution in [0.15, 0.2) is 12.7 Å². The molecule has 0 saturated heterocycles. The van der Waals surface area contributed by atoms with Crippen LogP contribution in [0.3, 0.4) is 0 Å². The van der Waals surface area contributed by atoms with E-state index in [2.05, 4.69) is 18.2 Å². The smallest absolute Gasteiger partial charge is 0.465 e. The van der Waals surface area contributed by atoms with Crippen LogP contribution in [-0.4, -0.2) is 27.3 Å². The van der Waals surface area contributed by atoms with Crippen molar-refractivity contribution in [3.05, 3.63) is 19.6 Å². The number of carbonyl (C=O) groups is 1. The molecule has 0 amide bonds. The maximum atomic E-state index is 10.2. The van der Waals surface area contributed by atoms with Crippen LogP contribution < -0.4 is 18.9 Å². The summed E-state index contributed by atoms with van der Waals surface area (Å²) in [5.74, 6) is -0.381. The van der Waals surface area contributed by atoms with Gasteiger partial charge in [0.05, 0.1) is 6.61 Å². The molecule has 3 N–H and O–H groups in total. The molecule has 0 rings (SSSR count). The van der Waals surface area contributed by atoms with E-state index in [4.69, 9.17) is 19.2 Å². The van der Waals surface area contributed by atoms with Crippen LogP contribution in [0, 0.1) is 6.92 Å². The molecule has 0 heterocycles. The van der Waals surface area contributed by atoms with Crippen molar-refractivity contribution < 1.29 is 47.6 Å². The van der Waals surface area contributed by atoms with Crippen molar-refractivity contribution in [3.8, 4) is 0 Å². The van der Waals surface area contributed by atoms with Crippen LogP contribution in [-0.2, 0) is 14.1 Å². The zero-order valence-electron chi connectivity index (χ0n) is 7.92. The van der Waals surface area contributed by atoms with Crippen molar-refractivity contribution in [1.29, 1.82) is 0 Å². The third-order valence-corrected chi connectivity index (χ3v) is 0.555. The van der Waals surface area contributed by atoms with Gasteiger partial charge in [-0.25, -0.2) is 9.36 Å². The maximum absolute atomic E-state index is 10.2. The van der Waals surface area contributed by atoms with E-state index < -0.39 is 7.82 Å². The quantitative estimate of drug-likeness (QED) is 0.153. The third kappa shape index (κ3) is 40.6. The van der Waals surface area contributed by atoms with Gasteiger partial charge in [-0.15, -0.1) is 6.42 Å². The molecule has 14 heavy (non-hydrogen) atoms. The first-order valence-electron chi connectivity index (χ1n) is 3.18. The van der Waals surface area contributed by atoms with Crippen molar-refractivity contribution in [2.75, 3.05) is 6.61 Å². The van der Waals surface area contributed by atoms with Gasteiger partial charge in [0.1, 0.15) is 0 Å². The molecule has 0 aromatic rings. The van der Waals surface area contributed by atoms with Crippen LogP contribution >= 0.6 is 7.82 Å². The number of rotatable bonds is 3. The summed E-state index contributed by atoms with van der Waals surface area (Å²) in [6.45, 7) is 7.08. The van der Waals surface area contributed by atoms with Gasteiger partial charge < -0.3 is 26.3 Å². The first-order chi connectivity index (χ1) is 5.81. The zero-order valence-corrected chi connectivity index (χ0v) is 8.81. The molecule has 0 saturated carbocycles. The maximum Gasteiger partial charge on any atom is 1.00 e. The molecule has 78 valence electrons. The number of carbonyl (C=O) groups excluding carboxylic acids is 1. The van der Waals surface area contributed by atoms with E-state index in [1.54, 1.807) is 0 Å². The molecule has 0 atom stereocenters. The molecule has 0 aromatic carbocycles. The van der Waals surface area contributed by atoms with E-state index >= 15 is 0 Å². The van der Waals surface area contributed by atoms with Crippen molar-refractivity contribution >= 4 is 13.8 Å². The van der Waals surface area contributed by atoms with Crippen LogP contribution in [0.1, 0.15) is 6.42 Å². The van der Waals surface area contributed by atoms with E-state index in [9.17, 15) is 4.79 Å². The van der Waals surface area contributed by atoms with E-state index in [-0.39, 0.29) is 24.8 Å². The Morgan fingerprint density at radius 1 is 1.50 bits per heavy atom. The molecule has 0 aliphatic carbocycles. The minimum Gasteiger partial charge on any atom is -0.465 e. The Bertz CT molecular complexity index is 192. The fourth-order valence-corrected chi connectivity index (χ4v) is 0.232. The third-order valence-electron chi connectivity index (χ3n) is 0.555. The molecule has 0 aliphatic heterocycles. The van der Waals surface area contributed by atoms with Gasteiger partial charge in [0.25, 0.3) is 0 Å². The van der Waals surface area contributed by atoms with Gasteiger partial charge in [-0.05, 0) is 0 Å². The molecule has 0 unspecified atom stereocenters. The summed E-state index contributed by atoms with van der Waals surface area (Å²) in [7, 11) is -4.64. The molecule has 0 bridgehead atoms. The Hall–Kier alpha value is -0.0826.